The fraction of sp³-hybridized carbons (Fsp3) is 0.600. The monoisotopic (exact) mass is 266 g/mol. The van der Waals surface area contributed by atoms with Crippen molar-refractivity contribution in [2.45, 2.75) is 26.8 Å². The van der Waals surface area contributed by atoms with Crippen LogP contribution in [0.3, 0.4) is 0 Å². The molecule has 0 aliphatic carbocycles. The van der Waals surface area contributed by atoms with Crippen LogP contribution in [0.25, 0.3) is 0 Å². The van der Waals surface area contributed by atoms with Gasteiger partial charge in [0.05, 0.1) is 0 Å². The highest BCUT2D eigenvalue weighted by Crippen LogP contribution is 2.25. The van der Waals surface area contributed by atoms with E-state index in [9.17, 15) is 0 Å². The number of rotatable bonds is 6. The summed E-state index contributed by atoms with van der Waals surface area (Å²) in [4.78, 5) is 2.37. The van der Waals surface area contributed by atoms with E-state index < -0.39 is 0 Å². The predicted molar refractivity (Wildman–Crippen MR) is 83.5 cm³/mol. The second-order valence-corrected chi connectivity index (χ2v) is 6.00. The summed E-state index contributed by atoms with van der Waals surface area (Å²) in [6.07, 6.45) is 2.15. The Morgan fingerprint density at radius 3 is 2.33 bits per heavy atom. The first-order valence-corrected chi connectivity index (χ1v) is 7.87. The summed E-state index contributed by atoms with van der Waals surface area (Å²) < 4.78 is 0. The van der Waals surface area contributed by atoms with E-state index in [0.29, 0.717) is 12.6 Å². The summed E-state index contributed by atoms with van der Waals surface area (Å²) in [5.74, 6) is 1.15. The Bertz CT molecular complexity index is 390. The van der Waals surface area contributed by atoms with Gasteiger partial charge in [-0.3, -0.25) is 4.90 Å². The molecule has 0 saturated heterocycles. The zero-order chi connectivity index (χ0) is 13.7. The van der Waals surface area contributed by atoms with Gasteiger partial charge in [-0.25, -0.2) is 0 Å². The normalized spacial score (nSPS) is 13.1. The highest BCUT2D eigenvalue weighted by Gasteiger charge is 2.17. The highest BCUT2D eigenvalue weighted by molar-refractivity contribution is 7.98. The molecule has 0 saturated carbocycles. The quantitative estimate of drug-likeness (QED) is 0.858. The maximum Gasteiger partial charge on any atom is 0.0470 e. The SMILES string of the molecule is CSCCN(C)C(CN)c1cc(C)c(C)cc1C. The second kappa shape index (κ2) is 7.17. The van der Waals surface area contributed by atoms with Gasteiger partial charge in [-0.05, 0) is 56.3 Å². The minimum absolute atomic E-state index is 0.330. The molecule has 18 heavy (non-hydrogen) atoms. The molecule has 0 fully saturated rings. The van der Waals surface area contributed by atoms with Gasteiger partial charge in [-0.15, -0.1) is 0 Å². The van der Waals surface area contributed by atoms with Gasteiger partial charge in [0.15, 0.2) is 0 Å². The Labute approximate surface area is 116 Å². The second-order valence-electron chi connectivity index (χ2n) is 5.02. The zero-order valence-electron chi connectivity index (χ0n) is 12.3. The summed E-state index contributed by atoms with van der Waals surface area (Å²) in [5, 5.41) is 0. The first kappa shape index (κ1) is 15.5. The fourth-order valence-corrected chi connectivity index (χ4v) is 2.75. The smallest absolute Gasteiger partial charge is 0.0470 e. The Hall–Kier alpha value is -0.510. The first-order valence-electron chi connectivity index (χ1n) is 6.48. The molecule has 0 spiro atoms. The van der Waals surface area contributed by atoms with Crippen LogP contribution in [0.5, 0.6) is 0 Å². The van der Waals surface area contributed by atoms with Crippen LogP contribution in [0.2, 0.25) is 0 Å². The number of hydrogen-bond acceptors (Lipinski definition) is 3. The van der Waals surface area contributed by atoms with E-state index >= 15 is 0 Å². The van der Waals surface area contributed by atoms with Crippen molar-refractivity contribution >= 4 is 11.8 Å². The molecule has 2 nitrogen and oxygen atoms in total. The molecule has 1 rings (SSSR count). The molecule has 0 heterocycles. The van der Waals surface area contributed by atoms with Crippen LogP contribution >= 0.6 is 11.8 Å². The van der Waals surface area contributed by atoms with Gasteiger partial charge >= 0.3 is 0 Å². The summed E-state index contributed by atoms with van der Waals surface area (Å²) in [7, 11) is 2.17. The number of benzene rings is 1. The van der Waals surface area contributed by atoms with Crippen molar-refractivity contribution in [3.8, 4) is 0 Å². The van der Waals surface area contributed by atoms with E-state index in [4.69, 9.17) is 5.73 Å². The van der Waals surface area contributed by atoms with Gasteiger partial charge in [-0.2, -0.15) is 11.8 Å². The molecule has 1 atom stereocenters. The number of nitrogens with zero attached hydrogens (tertiary/aromatic N) is 1. The zero-order valence-corrected chi connectivity index (χ0v) is 13.1. The van der Waals surface area contributed by atoms with E-state index in [1.807, 2.05) is 11.8 Å². The van der Waals surface area contributed by atoms with Crippen LogP contribution in [0.4, 0.5) is 0 Å². The average Bonchev–Trinajstić information content (AvgIpc) is 2.33. The fourth-order valence-electron chi connectivity index (χ4n) is 2.28. The molecular formula is C15H26N2S. The first-order chi connectivity index (χ1) is 8.51. The van der Waals surface area contributed by atoms with E-state index in [1.54, 1.807) is 0 Å². The molecule has 1 unspecified atom stereocenters. The number of aryl methyl sites for hydroxylation is 3. The van der Waals surface area contributed by atoms with Crippen molar-refractivity contribution in [2.24, 2.45) is 5.73 Å². The lowest BCUT2D eigenvalue weighted by Gasteiger charge is -2.29. The molecule has 0 radical (unpaired) electrons. The van der Waals surface area contributed by atoms with E-state index in [0.717, 1.165) is 12.3 Å². The summed E-state index contributed by atoms with van der Waals surface area (Å²) in [6, 6.07) is 4.91. The predicted octanol–water partition coefficient (Wildman–Crippen LogP) is 2.91. The van der Waals surface area contributed by atoms with E-state index in [-0.39, 0.29) is 0 Å². The van der Waals surface area contributed by atoms with Crippen molar-refractivity contribution in [1.29, 1.82) is 0 Å². The lowest BCUT2D eigenvalue weighted by molar-refractivity contribution is 0.265. The van der Waals surface area contributed by atoms with Crippen LogP contribution < -0.4 is 5.73 Å². The van der Waals surface area contributed by atoms with Crippen LogP contribution in [0.15, 0.2) is 12.1 Å². The van der Waals surface area contributed by atoms with Crippen molar-refractivity contribution in [3.63, 3.8) is 0 Å². The highest BCUT2D eigenvalue weighted by atomic mass is 32.2. The molecule has 3 heteroatoms. The minimum atomic E-state index is 0.330. The molecular weight excluding hydrogens is 240 g/mol. The molecule has 0 aromatic heterocycles. The minimum Gasteiger partial charge on any atom is -0.329 e. The van der Waals surface area contributed by atoms with Gasteiger partial charge in [0.1, 0.15) is 0 Å². The molecule has 1 aromatic rings. The van der Waals surface area contributed by atoms with Gasteiger partial charge < -0.3 is 5.73 Å². The maximum atomic E-state index is 5.99. The van der Waals surface area contributed by atoms with Crippen LogP contribution in [-0.4, -0.2) is 37.0 Å². The number of nitrogens with two attached hydrogens (primary N) is 1. The van der Waals surface area contributed by atoms with Gasteiger partial charge in [0.25, 0.3) is 0 Å². The molecule has 2 N–H and O–H groups in total. The van der Waals surface area contributed by atoms with E-state index in [2.05, 4.69) is 51.1 Å². The summed E-state index contributed by atoms with van der Waals surface area (Å²) in [6.45, 7) is 8.28. The topological polar surface area (TPSA) is 29.3 Å². The molecule has 0 amide bonds. The summed E-state index contributed by atoms with van der Waals surface area (Å²) in [5.41, 5.74) is 11.4. The molecule has 0 aliphatic heterocycles. The lowest BCUT2D eigenvalue weighted by atomic mass is 9.95. The molecule has 102 valence electrons. The van der Waals surface area contributed by atoms with Gasteiger partial charge in [0, 0.05) is 24.9 Å². The Kier molecular flexibility index (Phi) is 6.19. The van der Waals surface area contributed by atoms with Crippen molar-refractivity contribution in [2.75, 3.05) is 32.1 Å². The Morgan fingerprint density at radius 2 is 1.78 bits per heavy atom. The lowest BCUT2D eigenvalue weighted by Crippen LogP contribution is -2.32. The van der Waals surface area contributed by atoms with Crippen molar-refractivity contribution < 1.29 is 0 Å². The molecule has 0 aliphatic rings. The van der Waals surface area contributed by atoms with Crippen molar-refractivity contribution in [1.82, 2.24) is 4.90 Å². The van der Waals surface area contributed by atoms with Gasteiger partial charge in [0.2, 0.25) is 0 Å². The van der Waals surface area contributed by atoms with E-state index in [1.165, 1.54) is 22.3 Å². The van der Waals surface area contributed by atoms with Crippen LogP contribution in [0.1, 0.15) is 28.3 Å². The van der Waals surface area contributed by atoms with Gasteiger partial charge in [-0.1, -0.05) is 12.1 Å². The third-order valence-electron chi connectivity index (χ3n) is 3.64. The molecule has 0 bridgehead atoms. The standard InChI is InChI=1S/C15H26N2S/c1-11-8-13(3)14(9-12(11)2)15(10-16)17(4)6-7-18-5/h8-9,15H,6-7,10,16H2,1-5H3. The molecule has 1 aromatic carbocycles. The number of hydrogen-bond donors (Lipinski definition) is 1. The van der Waals surface area contributed by atoms with Crippen molar-refractivity contribution in [3.05, 3.63) is 34.4 Å². The number of thioether (sulfide) groups is 1. The Morgan fingerprint density at radius 1 is 1.17 bits per heavy atom. The average molecular weight is 266 g/mol. The maximum absolute atomic E-state index is 5.99. The third kappa shape index (κ3) is 3.74. The van der Waals surface area contributed by atoms with Crippen LogP contribution in [-0.2, 0) is 0 Å². The Balaban J connectivity index is 2.97. The third-order valence-corrected chi connectivity index (χ3v) is 4.24. The summed E-state index contributed by atoms with van der Waals surface area (Å²) >= 11 is 1.88. The largest absolute Gasteiger partial charge is 0.329 e. The number of likely N-dealkylation sites (N-methyl/N-ethyl adjacent to an activating group) is 1. The van der Waals surface area contributed by atoms with Crippen LogP contribution in [0, 0.1) is 20.8 Å².